The molecule has 1 atom stereocenters. The Morgan fingerprint density at radius 3 is 2.58 bits per heavy atom. The molecule has 9 nitrogen and oxygen atoms in total. The maximum absolute atomic E-state index is 13.5. The fourth-order valence-corrected chi connectivity index (χ4v) is 6.05. The van der Waals surface area contributed by atoms with Crippen LogP contribution >= 0.6 is 0 Å². The van der Waals surface area contributed by atoms with E-state index in [1.165, 1.54) is 18.6 Å². The first-order chi connectivity index (χ1) is 19.6. The number of rotatable bonds is 9. The normalized spacial score (nSPS) is 16.5. The van der Waals surface area contributed by atoms with Crippen LogP contribution in [0.5, 0.6) is 11.5 Å². The summed E-state index contributed by atoms with van der Waals surface area (Å²) in [6.45, 7) is 4.10. The van der Waals surface area contributed by atoms with Crippen LogP contribution in [0, 0.1) is 5.82 Å². The summed E-state index contributed by atoms with van der Waals surface area (Å²) in [7, 11) is 0. The van der Waals surface area contributed by atoms with Crippen molar-refractivity contribution in [2.24, 2.45) is 0 Å². The Balaban J connectivity index is 1.36. The van der Waals surface area contributed by atoms with Gasteiger partial charge in [-0.2, -0.15) is 0 Å². The van der Waals surface area contributed by atoms with E-state index in [2.05, 4.69) is 32.3 Å². The Bertz CT molecular complexity index is 1510. The van der Waals surface area contributed by atoms with Crippen LogP contribution in [-0.2, 0) is 13.1 Å². The molecular formula is C30H35FN6O3. The summed E-state index contributed by atoms with van der Waals surface area (Å²) >= 11 is 0. The number of nitrogens with one attached hydrogen (secondary N) is 1. The highest BCUT2D eigenvalue weighted by molar-refractivity contribution is 5.83. The van der Waals surface area contributed by atoms with Crippen LogP contribution in [0.2, 0.25) is 0 Å². The summed E-state index contributed by atoms with van der Waals surface area (Å²) in [4.78, 5) is 18.9. The van der Waals surface area contributed by atoms with Crippen molar-refractivity contribution in [3.05, 3.63) is 75.6 Å². The number of aromatic amines is 1. The molecule has 0 amide bonds. The Morgan fingerprint density at radius 2 is 1.82 bits per heavy atom. The van der Waals surface area contributed by atoms with Gasteiger partial charge in [0, 0.05) is 29.6 Å². The zero-order valence-electron chi connectivity index (χ0n) is 22.8. The van der Waals surface area contributed by atoms with E-state index in [9.17, 15) is 9.18 Å². The third-order valence-electron chi connectivity index (χ3n) is 8.05. The Hall–Kier alpha value is -3.79. The predicted octanol–water partition coefficient (Wildman–Crippen LogP) is 5.15. The van der Waals surface area contributed by atoms with Gasteiger partial charge < -0.3 is 14.5 Å². The summed E-state index contributed by atoms with van der Waals surface area (Å²) in [5.41, 5.74) is 2.25. The number of nitrogens with zero attached hydrogens (tertiary/aromatic N) is 5. The number of aromatic nitrogens is 5. The first kappa shape index (κ1) is 26.4. The molecule has 0 radical (unpaired) electrons. The third kappa shape index (κ3) is 5.58. The predicted molar refractivity (Wildman–Crippen MR) is 149 cm³/mol. The number of hydrogen-bond acceptors (Lipinski definition) is 7. The standard InChI is InChI=1S/C30H35FN6O3/c1-2-6-26(29-33-34-35-37(29)18-20-9-11-23(31)12-10-20)36(24-7-4-3-5-8-24)19-22-15-21-16-27-28(40-14-13-39-27)17-25(21)32-30(22)38/h9-12,15-17,24,26H,2-8,13-14,18-19H2,1H3,(H,32,38). The summed E-state index contributed by atoms with van der Waals surface area (Å²) in [6, 6.07) is 12.4. The molecule has 2 aliphatic rings. The van der Waals surface area contributed by atoms with Crippen LogP contribution < -0.4 is 15.0 Å². The smallest absolute Gasteiger partial charge is 0.252 e. The molecule has 10 heteroatoms. The molecule has 6 rings (SSSR count). The highest BCUT2D eigenvalue weighted by Crippen LogP contribution is 2.36. The lowest BCUT2D eigenvalue weighted by atomic mass is 9.91. The number of tetrazole rings is 1. The number of benzene rings is 2. The van der Waals surface area contributed by atoms with Gasteiger partial charge in [0.15, 0.2) is 17.3 Å². The summed E-state index contributed by atoms with van der Waals surface area (Å²) in [6.07, 6.45) is 7.50. The summed E-state index contributed by atoms with van der Waals surface area (Å²) in [5, 5.41) is 13.8. The van der Waals surface area contributed by atoms with Gasteiger partial charge >= 0.3 is 0 Å². The highest BCUT2D eigenvalue weighted by Gasteiger charge is 2.32. The number of H-pyrrole nitrogens is 1. The SMILES string of the molecule is CCCC(c1nnnn1Cc1ccc(F)cc1)N(Cc1cc2cc3c(cc2[nH]c1=O)OCCO3)C1CCCCC1. The monoisotopic (exact) mass is 546 g/mol. The molecule has 4 aromatic rings. The van der Waals surface area contributed by atoms with E-state index in [-0.39, 0.29) is 17.4 Å². The third-order valence-corrected chi connectivity index (χ3v) is 8.05. The first-order valence-corrected chi connectivity index (χ1v) is 14.3. The molecule has 1 aliphatic carbocycles. The Labute approximate surface area is 232 Å². The zero-order chi connectivity index (χ0) is 27.5. The van der Waals surface area contributed by atoms with Crippen LogP contribution in [0.25, 0.3) is 10.9 Å². The van der Waals surface area contributed by atoms with Crippen molar-refractivity contribution in [3.8, 4) is 11.5 Å². The molecule has 3 heterocycles. The van der Waals surface area contributed by atoms with Crippen molar-refractivity contribution in [1.82, 2.24) is 30.1 Å². The molecule has 0 bridgehead atoms. The van der Waals surface area contributed by atoms with Gasteiger partial charge in [0.2, 0.25) is 0 Å². The maximum Gasteiger partial charge on any atom is 0.252 e. The van der Waals surface area contributed by atoms with E-state index < -0.39 is 0 Å². The Kier molecular flexibility index (Phi) is 7.77. The molecule has 210 valence electrons. The quantitative estimate of drug-likeness (QED) is 0.310. The number of ether oxygens (including phenoxy) is 2. The second-order valence-corrected chi connectivity index (χ2v) is 10.8. The van der Waals surface area contributed by atoms with Gasteiger partial charge in [0.05, 0.1) is 18.1 Å². The average Bonchev–Trinajstić information content (AvgIpc) is 3.43. The topological polar surface area (TPSA) is 98.2 Å². The van der Waals surface area contributed by atoms with E-state index in [0.29, 0.717) is 49.4 Å². The summed E-state index contributed by atoms with van der Waals surface area (Å²) < 4.78 is 26.8. The first-order valence-electron chi connectivity index (χ1n) is 14.3. The number of pyridine rings is 1. The molecule has 1 saturated carbocycles. The van der Waals surface area contributed by atoms with Crippen molar-refractivity contribution in [1.29, 1.82) is 0 Å². The molecule has 1 unspecified atom stereocenters. The van der Waals surface area contributed by atoms with Crippen molar-refractivity contribution < 1.29 is 13.9 Å². The Morgan fingerprint density at radius 1 is 1.07 bits per heavy atom. The molecular weight excluding hydrogens is 511 g/mol. The van der Waals surface area contributed by atoms with Crippen molar-refractivity contribution in [3.63, 3.8) is 0 Å². The second-order valence-electron chi connectivity index (χ2n) is 10.8. The van der Waals surface area contributed by atoms with Crippen molar-refractivity contribution >= 4 is 10.9 Å². The highest BCUT2D eigenvalue weighted by atomic mass is 19.1. The fraction of sp³-hybridized carbons (Fsp3) is 0.467. The maximum atomic E-state index is 13.5. The lowest BCUT2D eigenvalue weighted by Crippen LogP contribution is -2.41. The molecule has 40 heavy (non-hydrogen) atoms. The van der Waals surface area contributed by atoms with Gasteiger partial charge in [0.1, 0.15) is 19.0 Å². The zero-order valence-corrected chi connectivity index (χ0v) is 22.8. The van der Waals surface area contributed by atoms with Gasteiger partial charge in [-0.25, -0.2) is 9.07 Å². The van der Waals surface area contributed by atoms with Crippen LogP contribution in [0.3, 0.4) is 0 Å². The van der Waals surface area contributed by atoms with E-state index in [1.54, 1.807) is 12.1 Å². The van der Waals surface area contributed by atoms with E-state index in [0.717, 1.165) is 60.8 Å². The average molecular weight is 547 g/mol. The molecule has 1 fully saturated rings. The number of hydrogen-bond donors (Lipinski definition) is 1. The van der Waals surface area contributed by atoms with Gasteiger partial charge in [-0.05, 0) is 59.5 Å². The largest absolute Gasteiger partial charge is 0.486 e. The molecule has 1 N–H and O–H groups in total. The minimum atomic E-state index is -0.270. The van der Waals surface area contributed by atoms with E-state index in [4.69, 9.17) is 9.47 Å². The van der Waals surface area contributed by atoms with Gasteiger partial charge in [0.25, 0.3) is 5.56 Å². The minimum Gasteiger partial charge on any atom is -0.486 e. The van der Waals surface area contributed by atoms with Crippen LogP contribution in [0.4, 0.5) is 4.39 Å². The minimum absolute atomic E-state index is 0.0705. The summed E-state index contributed by atoms with van der Waals surface area (Å²) in [5.74, 6) is 1.86. The van der Waals surface area contributed by atoms with Crippen molar-refractivity contribution in [2.75, 3.05) is 13.2 Å². The lowest BCUT2D eigenvalue weighted by Gasteiger charge is -2.39. The molecule has 0 saturated heterocycles. The second kappa shape index (κ2) is 11.8. The van der Waals surface area contributed by atoms with Crippen LogP contribution in [0.1, 0.15) is 74.9 Å². The molecule has 2 aromatic heterocycles. The van der Waals surface area contributed by atoms with E-state index in [1.807, 2.05) is 22.9 Å². The lowest BCUT2D eigenvalue weighted by molar-refractivity contribution is 0.0812. The molecule has 2 aromatic carbocycles. The van der Waals surface area contributed by atoms with Gasteiger partial charge in [-0.15, -0.1) is 5.10 Å². The van der Waals surface area contributed by atoms with Gasteiger partial charge in [-0.1, -0.05) is 44.7 Å². The molecule has 1 aliphatic heterocycles. The van der Waals surface area contributed by atoms with E-state index >= 15 is 0 Å². The van der Waals surface area contributed by atoms with Crippen molar-refractivity contribution in [2.45, 2.75) is 77.0 Å². The fourth-order valence-electron chi connectivity index (χ4n) is 6.05. The van der Waals surface area contributed by atoms with Gasteiger partial charge in [-0.3, -0.25) is 9.69 Å². The number of fused-ring (bicyclic) bond motifs is 2. The molecule has 0 spiro atoms. The van der Waals surface area contributed by atoms with Crippen LogP contribution in [0.15, 0.2) is 47.3 Å². The number of halogens is 1. The van der Waals surface area contributed by atoms with Crippen LogP contribution in [-0.4, -0.2) is 49.3 Å².